The van der Waals surface area contributed by atoms with Crippen molar-refractivity contribution in [3.63, 3.8) is 0 Å². The number of anilines is 1. The summed E-state index contributed by atoms with van der Waals surface area (Å²) in [6.45, 7) is 3.96. The first kappa shape index (κ1) is 12.7. The van der Waals surface area contributed by atoms with E-state index < -0.39 is 0 Å². The predicted molar refractivity (Wildman–Crippen MR) is 74.3 cm³/mol. The van der Waals surface area contributed by atoms with Gasteiger partial charge >= 0.3 is 0 Å². The zero-order chi connectivity index (χ0) is 13.1. The zero-order valence-electron chi connectivity index (χ0n) is 10.2. The summed E-state index contributed by atoms with van der Waals surface area (Å²) in [6.07, 6.45) is 0. The third-order valence-corrected chi connectivity index (χ3v) is 3.32. The summed E-state index contributed by atoms with van der Waals surface area (Å²) in [5.74, 6) is 1.80. The number of benzene rings is 1. The number of nitrogens with zero attached hydrogens (tertiary/aromatic N) is 1. The molecule has 1 N–H and O–H groups in total. The first-order chi connectivity index (χ1) is 8.60. The standard InChI is InChI=1S/C14H13BrN2O/c1-9-3-6-14(18-9)10(2)17-12-5-4-11(8-16)13(15)7-12/h3-7,10,17H,1-2H3. The lowest BCUT2D eigenvalue weighted by atomic mass is 10.2. The van der Waals surface area contributed by atoms with Crippen molar-refractivity contribution >= 4 is 21.6 Å². The Balaban J connectivity index is 2.15. The number of nitriles is 1. The largest absolute Gasteiger partial charge is 0.464 e. The average Bonchev–Trinajstić information content (AvgIpc) is 2.76. The van der Waals surface area contributed by atoms with Gasteiger partial charge < -0.3 is 9.73 Å². The summed E-state index contributed by atoms with van der Waals surface area (Å²) in [4.78, 5) is 0. The SMILES string of the molecule is Cc1ccc(C(C)Nc2ccc(C#N)c(Br)c2)o1. The number of nitrogens with one attached hydrogen (secondary N) is 1. The first-order valence-corrected chi connectivity index (χ1v) is 6.42. The summed E-state index contributed by atoms with van der Waals surface area (Å²) >= 11 is 3.37. The van der Waals surface area contributed by atoms with Crippen LogP contribution in [0.2, 0.25) is 0 Å². The van der Waals surface area contributed by atoms with Gasteiger partial charge in [-0.05, 0) is 60.1 Å². The minimum absolute atomic E-state index is 0.0820. The smallest absolute Gasteiger partial charge is 0.126 e. The minimum atomic E-state index is 0.0820. The molecule has 0 aliphatic heterocycles. The molecule has 1 unspecified atom stereocenters. The van der Waals surface area contributed by atoms with Gasteiger partial charge in [-0.15, -0.1) is 0 Å². The molecule has 0 aliphatic carbocycles. The summed E-state index contributed by atoms with van der Waals surface area (Å²) < 4.78 is 6.36. The molecule has 0 amide bonds. The Labute approximate surface area is 115 Å². The van der Waals surface area contributed by atoms with Crippen LogP contribution >= 0.6 is 15.9 Å². The molecule has 2 aromatic rings. The molecule has 0 fully saturated rings. The molecule has 1 atom stereocenters. The van der Waals surface area contributed by atoms with E-state index in [1.807, 2.05) is 38.1 Å². The van der Waals surface area contributed by atoms with Gasteiger partial charge in [0.25, 0.3) is 0 Å². The number of hydrogen-bond donors (Lipinski definition) is 1. The van der Waals surface area contributed by atoms with E-state index in [1.165, 1.54) is 0 Å². The molecular weight excluding hydrogens is 292 g/mol. The molecule has 0 bridgehead atoms. The molecular formula is C14H13BrN2O. The van der Waals surface area contributed by atoms with Gasteiger partial charge in [0.1, 0.15) is 17.6 Å². The average molecular weight is 305 g/mol. The third kappa shape index (κ3) is 2.74. The fourth-order valence-electron chi connectivity index (χ4n) is 1.70. The van der Waals surface area contributed by atoms with Crippen LogP contribution in [-0.4, -0.2) is 0 Å². The van der Waals surface area contributed by atoms with Crippen LogP contribution in [-0.2, 0) is 0 Å². The number of rotatable bonds is 3. The normalized spacial score (nSPS) is 11.9. The van der Waals surface area contributed by atoms with Crippen molar-refractivity contribution in [3.8, 4) is 6.07 Å². The van der Waals surface area contributed by atoms with Crippen molar-refractivity contribution < 1.29 is 4.42 Å². The van der Waals surface area contributed by atoms with Gasteiger partial charge in [-0.2, -0.15) is 5.26 Å². The van der Waals surface area contributed by atoms with E-state index >= 15 is 0 Å². The van der Waals surface area contributed by atoms with Crippen LogP contribution in [0.1, 0.15) is 30.0 Å². The molecule has 0 saturated heterocycles. The molecule has 4 heteroatoms. The number of halogens is 1. The molecule has 3 nitrogen and oxygen atoms in total. The molecule has 92 valence electrons. The van der Waals surface area contributed by atoms with Gasteiger partial charge in [-0.3, -0.25) is 0 Å². The number of aryl methyl sites for hydroxylation is 1. The summed E-state index contributed by atoms with van der Waals surface area (Å²) in [5, 5.41) is 12.2. The van der Waals surface area contributed by atoms with E-state index in [0.717, 1.165) is 21.7 Å². The lowest BCUT2D eigenvalue weighted by molar-refractivity contribution is 0.467. The summed E-state index contributed by atoms with van der Waals surface area (Å²) in [6, 6.07) is 11.7. The maximum absolute atomic E-state index is 8.86. The predicted octanol–water partition coefficient (Wildman–Crippen LogP) is 4.40. The number of hydrogen-bond acceptors (Lipinski definition) is 3. The van der Waals surface area contributed by atoms with Gasteiger partial charge in [0.05, 0.1) is 11.6 Å². The lowest BCUT2D eigenvalue weighted by Gasteiger charge is -2.13. The van der Waals surface area contributed by atoms with E-state index in [0.29, 0.717) is 5.56 Å². The topological polar surface area (TPSA) is 49.0 Å². The minimum Gasteiger partial charge on any atom is -0.464 e. The highest BCUT2D eigenvalue weighted by Crippen LogP contribution is 2.25. The fraction of sp³-hybridized carbons (Fsp3) is 0.214. The maximum atomic E-state index is 8.86. The molecule has 0 saturated carbocycles. The van der Waals surface area contributed by atoms with Crippen molar-refractivity contribution in [2.45, 2.75) is 19.9 Å². The Kier molecular flexibility index (Phi) is 3.73. The molecule has 18 heavy (non-hydrogen) atoms. The summed E-state index contributed by atoms with van der Waals surface area (Å²) in [5.41, 5.74) is 1.57. The van der Waals surface area contributed by atoms with E-state index in [-0.39, 0.29) is 6.04 Å². The second kappa shape index (κ2) is 5.28. The van der Waals surface area contributed by atoms with Crippen LogP contribution in [0, 0.1) is 18.3 Å². The van der Waals surface area contributed by atoms with E-state index in [4.69, 9.17) is 9.68 Å². The maximum Gasteiger partial charge on any atom is 0.126 e. The quantitative estimate of drug-likeness (QED) is 0.914. The van der Waals surface area contributed by atoms with Gasteiger partial charge in [-0.25, -0.2) is 0 Å². The van der Waals surface area contributed by atoms with Crippen LogP contribution in [0.3, 0.4) is 0 Å². The Hall–Kier alpha value is -1.73. The van der Waals surface area contributed by atoms with E-state index in [1.54, 1.807) is 6.07 Å². The monoisotopic (exact) mass is 304 g/mol. The molecule has 0 spiro atoms. The second-order valence-electron chi connectivity index (χ2n) is 4.12. The Morgan fingerprint density at radius 2 is 2.11 bits per heavy atom. The Bertz CT molecular complexity index is 598. The van der Waals surface area contributed by atoms with Crippen LogP contribution in [0.25, 0.3) is 0 Å². The van der Waals surface area contributed by atoms with Gasteiger partial charge in [-0.1, -0.05) is 0 Å². The molecule has 1 aromatic heterocycles. The lowest BCUT2D eigenvalue weighted by Crippen LogP contribution is -2.05. The molecule has 2 rings (SSSR count). The van der Waals surface area contributed by atoms with Gasteiger partial charge in [0, 0.05) is 10.2 Å². The molecule has 1 aromatic carbocycles. The first-order valence-electron chi connectivity index (χ1n) is 5.62. The zero-order valence-corrected chi connectivity index (χ0v) is 11.8. The Morgan fingerprint density at radius 3 is 2.67 bits per heavy atom. The van der Waals surface area contributed by atoms with Gasteiger partial charge in [0.15, 0.2) is 0 Å². The van der Waals surface area contributed by atoms with Crippen molar-refractivity contribution in [2.75, 3.05) is 5.32 Å². The van der Waals surface area contributed by atoms with Crippen LogP contribution in [0.4, 0.5) is 5.69 Å². The highest BCUT2D eigenvalue weighted by Gasteiger charge is 2.10. The van der Waals surface area contributed by atoms with Crippen molar-refractivity contribution in [2.24, 2.45) is 0 Å². The van der Waals surface area contributed by atoms with Crippen LogP contribution in [0.5, 0.6) is 0 Å². The van der Waals surface area contributed by atoms with Crippen LogP contribution < -0.4 is 5.32 Å². The second-order valence-corrected chi connectivity index (χ2v) is 4.98. The van der Waals surface area contributed by atoms with Crippen molar-refractivity contribution in [3.05, 3.63) is 51.9 Å². The highest BCUT2D eigenvalue weighted by atomic mass is 79.9. The van der Waals surface area contributed by atoms with E-state index in [2.05, 4.69) is 27.3 Å². The van der Waals surface area contributed by atoms with Crippen LogP contribution in [0.15, 0.2) is 39.2 Å². The fourth-order valence-corrected chi connectivity index (χ4v) is 2.17. The van der Waals surface area contributed by atoms with Crippen molar-refractivity contribution in [1.82, 2.24) is 0 Å². The molecule has 0 radical (unpaired) electrons. The molecule has 0 aliphatic rings. The Morgan fingerprint density at radius 1 is 1.33 bits per heavy atom. The third-order valence-electron chi connectivity index (χ3n) is 2.66. The molecule has 1 heterocycles. The highest BCUT2D eigenvalue weighted by molar-refractivity contribution is 9.10. The van der Waals surface area contributed by atoms with E-state index in [9.17, 15) is 0 Å². The van der Waals surface area contributed by atoms with Crippen molar-refractivity contribution in [1.29, 1.82) is 5.26 Å². The number of furan rings is 1. The summed E-state index contributed by atoms with van der Waals surface area (Å²) in [7, 11) is 0. The van der Waals surface area contributed by atoms with Gasteiger partial charge in [0.2, 0.25) is 0 Å².